The van der Waals surface area contributed by atoms with Crippen LogP contribution in [-0.4, -0.2) is 38.9 Å². The number of rotatable bonds is 3. The van der Waals surface area contributed by atoms with E-state index in [1.165, 1.54) is 0 Å². The first kappa shape index (κ1) is 17.6. The normalized spacial score (nSPS) is 13.3. The molecule has 0 aliphatic heterocycles. The first-order valence-electron chi connectivity index (χ1n) is 5.51. The van der Waals surface area contributed by atoms with Gasteiger partial charge in [0.25, 0.3) is 30.4 Å². The van der Waals surface area contributed by atoms with Crippen molar-refractivity contribution in [2.24, 2.45) is 0 Å². The summed E-state index contributed by atoms with van der Waals surface area (Å²) in [7, 11) is -14.8. The van der Waals surface area contributed by atoms with Crippen LogP contribution in [0.5, 0.6) is 0 Å². The highest BCUT2D eigenvalue weighted by Gasteiger charge is 2.25. The van der Waals surface area contributed by atoms with Crippen LogP contribution in [-0.2, 0) is 30.4 Å². The molecule has 0 aliphatic rings. The van der Waals surface area contributed by atoms with Gasteiger partial charge in [0.1, 0.15) is 9.79 Å². The maximum absolute atomic E-state index is 11.4. The Hall–Kier alpha value is -1.77. The zero-order valence-electron chi connectivity index (χ0n) is 10.9. The molecule has 0 aliphatic carbocycles. The largest absolute Gasteiger partial charge is 0.399 e. The first-order valence-corrected chi connectivity index (χ1v) is 9.83. The Morgan fingerprint density at radius 1 is 0.652 bits per heavy atom. The quantitative estimate of drug-likeness (QED) is 0.419. The van der Waals surface area contributed by atoms with Crippen LogP contribution in [0.2, 0.25) is 0 Å². The third-order valence-electron chi connectivity index (χ3n) is 2.84. The van der Waals surface area contributed by atoms with Crippen molar-refractivity contribution in [1.29, 1.82) is 0 Å². The van der Waals surface area contributed by atoms with Crippen LogP contribution in [0.1, 0.15) is 0 Å². The van der Waals surface area contributed by atoms with Crippen molar-refractivity contribution < 1.29 is 38.9 Å². The molecule has 2 aromatic carbocycles. The summed E-state index contributed by atoms with van der Waals surface area (Å²) in [5.74, 6) is 0. The smallest absolute Gasteiger partial charge is 0.295 e. The summed E-state index contributed by atoms with van der Waals surface area (Å²) in [5.41, 5.74) is 5.17. The monoisotopic (exact) mass is 383 g/mol. The van der Waals surface area contributed by atoms with Crippen molar-refractivity contribution in [3.8, 4) is 0 Å². The van der Waals surface area contributed by atoms with Gasteiger partial charge in [-0.05, 0) is 24.3 Å². The van der Waals surface area contributed by atoms with E-state index < -0.39 is 55.8 Å². The zero-order chi connectivity index (χ0) is 17.8. The molecule has 13 heteroatoms. The second-order valence-electron chi connectivity index (χ2n) is 4.46. The van der Waals surface area contributed by atoms with Crippen molar-refractivity contribution in [2.45, 2.75) is 14.7 Å². The Labute approximate surface area is 130 Å². The molecule has 23 heavy (non-hydrogen) atoms. The Balaban J connectivity index is 3.22. The zero-order valence-corrected chi connectivity index (χ0v) is 13.4. The number of hydrogen-bond donors (Lipinski definition) is 4. The molecular weight excluding hydrogens is 374 g/mol. The molecule has 0 amide bonds. The summed E-state index contributed by atoms with van der Waals surface area (Å²) in [4.78, 5) is -2.88. The highest BCUT2D eigenvalue weighted by Crippen LogP contribution is 2.33. The maximum atomic E-state index is 11.4. The first-order chi connectivity index (χ1) is 10.2. The highest BCUT2D eigenvalue weighted by atomic mass is 32.2. The van der Waals surface area contributed by atoms with E-state index >= 15 is 0 Å². The van der Waals surface area contributed by atoms with Gasteiger partial charge in [0.05, 0.1) is 4.90 Å². The fourth-order valence-electron chi connectivity index (χ4n) is 1.97. The second kappa shape index (κ2) is 5.12. The van der Waals surface area contributed by atoms with Gasteiger partial charge in [-0.3, -0.25) is 13.7 Å². The second-order valence-corrected chi connectivity index (χ2v) is 8.66. The molecule has 0 atom stereocenters. The number of nitrogen functional groups attached to an aromatic ring is 1. The van der Waals surface area contributed by atoms with E-state index in [-0.39, 0.29) is 5.69 Å². The van der Waals surface area contributed by atoms with Gasteiger partial charge in [0.15, 0.2) is 0 Å². The van der Waals surface area contributed by atoms with E-state index in [4.69, 9.17) is 10.3 Å². The number of hydrogen-bond acceptors (Lipinski definition) is 7. The number of fused-ring (bicyclic) bond motifs is 1. The minimum absolute atomic E-state index is 0.269. The van der Waals surface area contributed by atoms with Gasteiger partial charge >= 0.3 is 0 Å². The van der Waals surface area contributed by atoms with E-state index in [1.54, 1.807) is 0 Å². The van der Waals surface area contributed by atoms with E-state index in [2.05, 4.69) is 0 Å². The molecule has 0 unspecified atom stereocenters. The Kier molecular flexibility index (Phi) is 3.91. The molecule has 0 bridgehead atoms. The van der Waals surface area contributed by atoms with Crippen LogP contribution in [0.3, 0.4) is 0 Å². The van der Waals surface area contributed by atoms with Gasteiger partial charge in [0.2, 0.25) is 0 Å². The molecule has 10 nitrogen and oxygen atoms in total. The molecule has 2 rings (SSSR count). The lowest BCUT2D eigenvalue weighted by Gasteiger charge is -2.11. The molecule has 0 spiro atoms. The molecule has 0 heterocycles. The standard InChI is InChI=1S/C10H9NO9S3/c11-5-1-7-8(9(2-5)22(15,16)17)3-6(21(12,13)14)4-10(7)23(18,19)20/h1-4H,11H2,(H,12,13,14)(H,15,16,17)(H,18,19,20). The van der Waals surface area contributed by atoms with Crippen LogP contribution in [0.25, 0.3) is 10.8 Å². The summed E-state index contributed by atoms with van der Waals surface area (Å²) in [6.45, 7) is 0. The lowest BCUT2D eigenvalue weighted by molar-refractivity contribution is 0.478. The van der Waals surface area contributed by atoms with Crippen LogP contribution in [0, 0.1) is 0 Å². The van der Waals surface area contributed by atoms with Crippen molar-refractivity contribution in [1.82, 2.24) is 0 Å². The van der Waals surface area contributed by atoms with Gasteiger partial charge in [-0.25, -0.2) is 0 Å². The summed E-state index contributed by atoms with van der Waals surface area (Å²) in [6, 6.07) is 2.78. The molecule has 0 aromatic heterocycles. The molecule has 0 saturated carbocycles. The van der Waals surface area contributed by atoms with Gasteiger partial charge < -0.3 is 5.73 Å². The van der Waals surface area contributed by atoms with Crippen molar-refractivity contribution in [3.05, 3.63) is 24.3 Å². The summed E-state index contributed by atoms with van der Waals surface area (Å²) in [5, 5.41) is -1.02. The topological polar surface area (TPSA) is 189 Å². The Morgan fingerprint density at radius 2 is 1.09 bits per heavy atom. The number of anilines is 1. The maximum Gasteiger partial charge on any atom is 0.295 e. The summed E-state index contributed by atoms with van der Waals surface area (Å²) < 4.78 is 95.5. The minimum Gasteiger partial charge on any atom is -0.399 e. The third kappa shape index (κ3) is 3.44. The predicted octanol–water partition coefficient (Wildman–Crippen LogP) is 0.162. The lowest BCUT2D eigenvalue weighted by atomic mass is 10.1. The minimum atomic E-state index is -5.00. The van der Waals surface area contributed by atoms with E-state index in [1.807, 2.05) is 0 Å². The molecule has 5 N–H and O–H groups in total. The van der Waals surface area contributed by atoms with Gasteiger partial charge in [-0.15, -0.1) is 0 Å². The molecule has 0 radical (unpaired) electrons. The van der Waals surface area contributed by atoms with Crippen LogP contribution >= 0.6 is 0 Å². The highest BCUT2D eigenvalue weighted by molar-refractivity contribution is 7.87. The fourth-order valence-corrected chi connectivity index (χ4v) is 4.03. The molecular formula is C10H9NO9S3. The number of benzene rings is 2. The van der Waals surface area contributed by atoms with Gasteiger partial charge in [0, 0.05) is 16.5 Å². The summed E-state index contributed by atoms with van der Waals surface area (Å²) in [6.07, 6.45) is 0. The average molecular weight is 383 g/mol. The van der Waals surface area contributed by atoms with E-state index in [0.29, 0.717) is 12.1 Å². The predicted molar refractivity (Wildman–Crippen MR) is 77.8 cm³/mol. The average Bonchev–Trinajstić information content (AvgIpc) is 2.32. The van der Waals surface area contributed by atoms with Gasteiger partial charge in [-0.2, -0.15) is 25.3 Å². The molecule has 0 saturated heterocycles. The van der Waals surface area contributed by atoms with Gasteiger partial charge in [-0.1, -0.05) is 0 Å². The number of nitrogens with two attached hydrogens (primary N) is 1. The summed E-state index contributed by atoms with van der Waals surface area (Å²) >= 11 is 0. The van der Waals surface area contributed by atoms with Crippen molar-refractivity contribution in [2.75, 3.05) is 5.73 Å². The van der Waals surface area contributed by atoms with Crippen LogP contribution in [0.4, 0.5) is 5.69 Å². The fraction of sp³-hybridized carbons (Fsp3) is 0. The molecule has 0 fully saturated rings. The Bertz CT molecular complexity index is 1130. The van der Waals surface area contributed by atoms with E-state index in [0.717, 1.165) is 12.1 Å². The van der Waals surface area contributed by atoms with Crippen molar-refractivity contribution >= 4 is 46.8 Å². The Morgan fingerprint density at radius 3 is 1.52 bits per heavy atom. The van der Waals surface area contributed by atoms with Crippen LogP contribution in [0.15, 0.2) is 39.0 Å². The van der Waals surface area contributed by atoms with Crippen molar-refractivity contribution in [3.63, 3.8) is 0 Å². The lowest BCUT2D eigenvalue weighted by Crippen LogP contribution is -2.07. The molecule has 126 valence electrons. The van der Waals surface area contributed by atoms with Crippen LogP contribution < -0.4 is 5.73 Å². The third-order valence-corrected chi connectivity index (χ3v) is 5.46. The molecule has 2 aromatic rings. The SMILES string of the molecule is Nc1cc(S(=O)(=O)O)c2cc(S(=O)(=O)O)cc(S(=O)(=O)O)c2c1. The van der Waals surface area contributed by atoms with E-state index in [9.17, 15) is 34.4 Å².